The molecule has 4 nitrogen and oxygen atoms in total. The molecule has 0 spiro atoms. The smallest absolute Gasteiger partial charge is 0.234 e. The zero-order chi connectivity index (χ0) is 15.5. The van der Waals surface area contributed by atoms with Gasteiger partial charge in [0.2, 0.25) is 5.91 Å². The lowest BCUT2D eigenvalue weighted by molar-refractivity contribution is -0.128. The molecule has 1 aliphatic heterocycles. The number of methoxy groups -OCH3 is 2. The molecule has 2 aromatic rings. The van der Waals surface area contributed by atoms with Gasteiger partial charge in [-0.3, -0.25) is 4.79 Å². The average Bonchev–Trinajstić information content (AvgIpc) is 3.18. The molecule has 1 saturated heterocycles. The van der Waals surface area contributed by atoms with Crippen LogP contribution in [0, 0.1) is 0 Å². The van der Waals surface area contributed by atoms with Crippen LogP contribution in [0.3, 0.4) is 0 Å². The molecule has 0 N–H and O–H groups in total. The van der Waals surface area contributed by atoms with Crippen LogP contribution in [0.2, 0.25) is 0 Å². The Kier molecular flexibility index (Phi) is 4.59. The third kappa shape index (κ3) is 2.94. The van der Waals surface area contributed by atoms with Crippen LogP contribution < -0.4 is 9.47 Å². The van der Waals surface area contributed by atoms with E-state index in [0.29, 0.717) is 23.8 Å². The number of thioether (sulfide) groups is 1. The van der Waals surface area contributed by atoms with Crippen LogP contribution in [0.1, 0.15) is 15.8 Å². The molecule has 3 rings (SSSR count). The van der Waals surface area contributed by atoms with Crippen LogP contribution in [-0.4, -0.2) is 30.8 Å². The zero-order valence-corrected chi connectivity index (χ0v) is 14.1. The van der Waals surface area contributed by atoms with Crippen molar-refractivity contribution in [3.63, 3.8) is 0 Å². The van der Waals surface area contributed by atoms with Gasteiger partial charge in [0.05, 0.1) is 26.5 Å². The second-order valence-corrected chi connectivity index (χ2v) is 6.98. The van der Waals surface area contributed by atoms with E-state index in [-0.39, 0.29) is 11.3 Å². The number of carbonyl (C=O) groups excluding carboxylic acids is 1. The third-order valence-electron chi connectivity index (χ3n) is 3.57. The van der Waals surface area contributed by atoms with Gasteiger partial charge in [0.1, 0.15) is 5.37 Å². The molecule has 1 aromatic heterocycles. The van der Waals surface area contributed by atoms with Gasteiger partial charge in [-0.15, -0.1) is 23.1 Å². The summed E-state index contributed by atoms with van der Waals surface area (Å²) in [6.45, 7) is 0.655. The van der Waals surface area contributed by atoms with E-state index in [1.807, 2.05) is 34.5 Å². The number of ether oxygens (including phenoxy) is 2. The summed E-state index contributed by atoms with van der Waals surface area (Å²) >= 11 is 3.33. The highest BCUT2D eigenvalue weighted by atomic mass is 32.2. The van der Waals surface area contributed by atoms with Gasteiger partial charge in [-0.25, -0.2) is 0 Å². The molecule has 1 aliphatic rings. The van der Waals surface area contributed by atoms with Crippen molar-refractivity contribution < 1.29 is 14.3 Å². The van der Waals surface area contributed by atoms with Crippen molar-refractivity contribution in [2.45, 2.75) is 11.9 Å². The number of nitrogens with zero attached hydrogens (tertiary/aromatic N) is 1. The number of hydrogen-bond acceptors (Lipinski definition) is 5. The van der Waals surface area contributed by atoms with E-state index < -0.39 is 0 Å². The molecule has 1 aromatic carbocycles. The van der Waals surface area contributed by atoms with Crippen LogP contribution in [0.25, 0.3) is 0 Å². The first kappa shape index (κ1) is 15.2. The fourth-order valence-electron chi connectivity index (χ4n) is 2.48. The lowest BCUT2D eigenvalue weighted by atomic mass is 10.1. The standard InChI is InChI=1S/C16H17NO3S2/c1-19-13-6-5-11(8-14(13)20-2)16-17(15(18)10-22-16)9-12-4-3-7-21-12/h3-8,16H,9-10H2,1-2H3. The molecular formula is C16H17NO3S2. The zero-order valence-electron chi connectivity index (χ0n) is 12.4. The van der Waals surface area contributed by atoms with Gasteiger partial charge in [-0.2, -0.15) is 0 Å². The molecule has 2 heterocycles. The molecular weight excluding hydrogens is 318 g/mol. The Morgan fingerprint density at radius 2 is 2.05 bits per heavy atom. The van der Waals surface area contributed by atoms with Gasteiger partial charge >= 0.3 is 0 Å². The summed E-state index contributed by atoms with van der Waals surface area (Å²) in [4.78, 5) is 15.3. The van der Waals surface area contributed by atoms with Crippen molar-refractivity contribution in [1.29, 1.82) is 0 Å². The second kappa shape index (κ2) is 6.62. The Morgan fingerprint density at radius 3 is 2.73 bits per heavy atom. The normalized spacial score (nSPS) is 17.8. The topological polar surface area (TPSA) is 38.8 Å². The Balaban J connectivity index is 1.87. The summed E-state index contributed by atoms with van der Waals surface area (Å²) in [5.74, 6) is 2.09. The summed E-state index contributed by atoms with van der Waals surface area (Å²) in [5, 5.41) is 2.06. The van der Waals surface area contributed by atoms with E-state index in [1.54, 1.807) is 37.3 Å². The van der Waals surface area contributed by atoms with Crippen molar-refractivity contribution in [3.8, 4) is 11.5 Å². The Bertz CT molecular complexity index is 657. The monoisotopic (exact) mass is 335 g/mol. The van der Waals surface area contributed by atoms with E-state index in [1.165, 1.54) is 4.88 Å². The molecule has 0 saturated carbocycles. The lowest BCUT2D eigenvalue weighted by Gasteiger charge is -2.24. The lowest BCUT2D eigenvalue weighted by Crippen LogP contribution is -2.27. The van der Waals surface area contributed by atoms with Gasteiger partial charge < -0.3 is 14.4 Å². The maximum atomic E-state index is 12.2. The van der Waals surface area contributed by atoms with Crippen molar-refractivity contribution in [2.75, 3.05) is 20.0 Å². The minimum absolute atomic E-state index is 0.0226. The number of thiophene rings is 1. The maximum absolute atomic E-state index is 12.2. The predicted octanol–water partition coefficient (Wildman–Crippen LogP) is 3.54. The van der Waals surface area contributed by atoms with Crippen molar-refractivity contribution in [3.05, 3.63) is 46.2 Å². The molecule has 6 heteroatoms. The Hall–Kier alpha value is -1.66. The fraction of sp³-hybridized carbons (Fsp3) is 0.312. The van der Waals surface area contributed by atoms with E-state index in [0.717, 1.165) is 5.56 Å². The van der Waals surface area contributed by atoms with Gasteiger partial charge in [0, 0.05) is 4.88 Å². The molecule has 0 radical (unpaired) electrons. The third-order valence-corrected chi connectivity index (χ3v) is 5.68. The average molecular weight is 335 g/mol. The van der Waals surface area contributed by atoms with E-state index >= 15 is 0 Å². The van der Waals surface area contributed by atoms with Crippen LogP contribution in [0.15, 0.2) is 35.7 Å². The maximum Gasteiger partial charge on any atom is 0.234 e. The summed E-state index contributed by atoms with van der Waals surface area (Å²) < 4.78 is 10.6. The quantitative estimate of drug-likeness (QED) is 0.838. The summed E-state index contributed by atoms with van der Waals surface area (Å²) in [6, 6.07) is 9.92. The first-order valence-electron chi connectivity index (χ1n) is 6.88. The predicted molar refractivity (Wildman–Crippen MR) is 89.6 cm³/mol. The van der Waals surface area contributed by atoms with Gasteiger partial charge in [-0.1, -0.05) is 12.1 Å². The van der Waals surface area contributed by atoms with Gasteiger partial charge in [0.15, 0.2) is 11.5 Å². The van der Waals surface area contributed by atoms with Crippen LogP contribution in [0.4, 0.5) is 0 Å². The first-order chi connectivity index (χ1) is 10.7. The second-order valence-electron chi connectivity index (χ2n) is 4.88. The SMILES string of the molecule is COc1ccc(C2SCC(=O)N2Cc2cccs2)cc1OC. The highest BCUT2D eigenvalue weighted by Crippen LogP contribution is 2.42. The largest absolute Gasteiger partial charge is 0.493 e. The number of carbonyl (C=O) groups is 1. The van der Waals surface area contributed by atoms with Crippen molar-refractivity contribution in [1.82, 2.24) is 4.90 Å². The highest BCUT2D eigenvalue weighted by molar-refractivity contribution is 8.00. The van der Waals surface area contributed by atoms with Crippen LogP contribution in [-0.2, 0) is 11.3 Å². The number of hydrogen-bond donors (Lipinski definition) is 0. The fourth-order valence-corrected chi connectivity index (χ4v) is 4.36. The first-order valence-corrected chi connectivity index (χ1v) is 8.81. The van der Waals surface area contributed by atoms with Crippen LogP contribution >= 0.6 is 23.1 Å². The van der Waals surface area contributed by atoms with E-state index in [2.05, 4.69) is 6.07 Å². The van der Waals surface area contributed by atoms with Crippen molar-refractivity contribution >= 4 is 29.0 Å². The Labute approximate surface area is 138 Å². The number of benzene rings is 1. The molecule has 1 amide bonds. The van der Waals surface area contributed by atoms with Crippen molar-refractivity contribution in [2.24, 2.45) is 0 Å². The minimum Gasteiger partial charge on any atom is -0.493 e. The van der Waals surface area contributed by atoms with E-state index in [4.69, 9.17) is 9.47 Å². The molecule has 1 fully saturated rings. The highest BCUT2D eigenvalue weighted by Gasteiger charge is 2.33. The molecule has 1 atom stereocenters. The van der Waals surface area contributed by atoms with Gasteiger partial charge in [0.25, 0.3) is 0 Å². The molecule has 116 valence electrons. The van der Waals surface area contributed by atoms with E-state index in [9.17, 15) is 4.79 Å². The molecule has 1 unspecified atom stereocenters. The molecule has 0 bridgehead atoms. The summed E-state index contributed by atoms with van der Waals surface area (Å²) in [7, 11) is 3.24. The molecule has 0 aliphatic carbocycles. The Morgan fingerprint density at radius 1 is 1.23 bits per heavy atom. The molecule has 22 heavy (non-hydrogen) atoms. The minimum atomic E-state index is 0.0226. The summed E-state index contributed by atoms with van der Waals surface area (Å²) in [5.41, 5.74) is 1.06. The summed E-state index contributed by atoms with van der Waals surface area (Å²) in [6.07, 6.45) is 0. The van der Waals surface area contributed by atoms with Crippen LogP contribution in [0.5, 0.6) is 11.5 Å². The number of rotatable bonds is 5. The number of amides is 1. The van der Waals surface area contributed by atoms with Gasteiger partial charge in [-0.05, 0) is 29.1 Å².